The van der Waals surface area contributed by atoms with E-state index >= 15 is 0 Å². The Bertz CT molecular complexity index is 505. The number of carboxylic acid groups (broad SMARTS) is 2. The van der Waals surface area contributed by atoms with E-state index in [4.69, 9.17) is 10.8 Å². The second kappa shape index (κ2) is 6.47. The van der Waals surface area contributed by atoms with Crippen LogP contribution in [0.3, 0.4) is 0 Å². The van der Waals surface area contributed by atoms with E-state index in [0.717, 1.165) is 12.8 Å². The van der Waals surface area contributed by atoms with Crippen molar-refractivity contribution in [1.82, 2.24) is 5.32 Å². The maximum Gasteiger partial charge on any atom is 0.326 e. The molecular weight excluding hydrogens is 300 g/mol. The van der Waals surface area contributed by atoms with E-state index in [0.29, 0.717) is 18.3 Å². The van der Waals surface area contributed by atoms with Gasteiger partial charge in [0, 0.05) is 0 Å². The van der Waals surface area contributed by atoms with Crippen molar-refractivity contribution in [3.63, 3.8) is 0 Å². The number of amides is 1. The highest BCUT2D eigenvalue weighted by molar-refractivity contribution is 5.89. The third kappa shape index (κ3) is 3.65. The van der Waals surface area contributed by atoms with Crippen molar-refractivity contribution >= 4 is 17.8 Å². The first kappa shape index (κ1) is 17.7. The van der Waals surface area contributed by atoms with Crippen LogP contribution < -0.4 is 11.1 Å². The minimum Gasteiger partial charge on any atom is -0.481 e. The van der Waals surface area contributed by atoms with Crippen molar-refractivity contribution in [2.45, 2.75) is 58.0 Å². The lowest BCUT2D eigenvalue weighted by atomic mass is 9.78. The number of hydrogen-bond acceptors (Lipinski definition) is 4. The van der Waals surface area contributed by atoms with E-state index < -0.39 is 36.4 Å². The molecule has 0 spiro atoms. The first-order valence-corrected chi connectivity index (χ1v) is 8.13. The van der Waals surface area contributed by atoms with E-state index in [-0.39, 0.29) is 11.3 Å². The number of nitrogens with two attached hydrogens (primary N) is 1. The molecule has 0 aliphatic heterocycles. The molecule has 0 radical (unpaired) electrons. The second-order valence-electron chi connectivity index (χ2n) is 7.54. The number of nitrogens with one attached hydrogen (secondary N) is 1. The summed E-state index contributed by atoms with van der Waals surface area (Å²) < 4.78 is 0. The van der Waals surface area contributed by atoms with Crippen LogP contribution in [0.4, 0.5) is 0 Å². The average molecular weight is 326 g/mol. The predicted molar refractivity (Wildman–Crippen MR) is 82.5 cm³/mol. The molecular formula is C16H26N2O5. The van der Waals surface area contributed by atoms with E-state index in [1.165, 1.54) is 6.42 Å². The highest BCUT2D eigenvalue weighted by atomic mass is 16.4. The Hall–Kier alpha value is -1.63. The highest BCUT2D eigenvalue weighted by Crippen LogP contribution is 2.61. The first-order chi connectivity index (χ1) is 10.6. The third-order valence-electron chi connectivity index (χ3n) is 5.87. The summed E-state index contributed by atoms with van der Waals surface area (Å²) in [6.07, 6.45) is 3.17. The largest absolute Gasteiger partial charge is 0.481 e. The summed E-state index contributed by atoms with van der Waals surface area (Å²) in [6.45, 7) is 4.49. The molecule has 2 bridgehead atoms. The Morgan fingerprint density at radius 2 is 1.91 bits per heavy atom. The molecule has 7 nitrogen and oxygen atoms in total. The van der Waals surface area contributed by atoms with Crippen LogP contribution in [0.15, 0.2) is 0 Å². The zero-order valence-electron chi connectivity index (χ0n) is 13.6. The molecule has 2 fully saturated rings. The molecule has 2 aliphatic rings. The molecule has 0 heterocycles. The molecule has 2 rings (SSSR count). The van der Waals surface area contributed by atoms with Gasteiger partial charge in [-0.3, -0.25) is 9.59 Å². The minimum absolute atomic E-state index is 0.234. The SMILES string of the molecule is CC1(C)C2CCC1[C@@H](C[C@H](NC(=O)[C@@H](N)CC(=O)O)C(=O)O)C2. The molecule has 2 aliphatic carbocycles. The van der Waals surface area contributed by atoms with E-state index in [1.807, 2.05) is 0 Å². The van der Waals surface area contributed by atoms with Crippen LogP contribution in [-0.2, 0) is 14.4 Å². The zero-order chi connectivity index (χ0) is 17.4. The number of carbonyl (C=O) groups excluding carboxylic acids is 1. The van der Waals surface area contributed by atoms with Crippen molar-refractivity contribution < 1.29 is 24.6 Å². The van der Waals surface area contributed by atoms with E-state index in [9.17, 15) is 19.5 Å². The van der Waals surface area contributed by atoms with Gasteiger partial charge in [0.2, 0.25) is 5.91 Å². The average Bonchev–Trinajstić information content (AvgIpc) is 2.84. The number of carbonyl (C=O) groups is 3. The van der Waals surface area contributed by atoms with Crippen LogP contribution in [0.1, 0.15) is 46.0 Å². The van der Waals surface area contributed by atoms with Crippen molar-refractivity contribution in [2.24, 2.45) is 28.9 Å². The summed E-state index contributed by atoms with van der Waals surface area (Å²) in [5, 5.41) is 20.4. The maximum absolute atomic E-state index is 11.9. The van der Waals surface area contributed by atoms with Gasteiger partial charge < -0.3 is 21.3 Å². The van der Waals surface area contributed by atoms with Crippen LogP contribution >= 0.6 is 0 Å². The Morgan fingerprint density at radius 1 is 1.26 bits per heavy atom. The van der Waals surface area contributed by atoms with Gasteiger partial charge in [-0.2, -0.15) is 0 Å². The molecule has 7 heteroatoms. The summed E-state index contributed by atoms with van der Waals surface area (Å²) in [5.41, 5.74) is 5.73. The summed E-state index contributed by atoms with van der Waals surface area (Å²) >= 11 is 0. The van der Waals surface area contributed by atoms with Crippen LogP contribution in [0, 0.1) is 23.2 Å². The normalized spacial score (nSPS) is 30.7. The van der Waals surface area contributed by atoms with Gasteiger partial charge in [-0.1, -0.05) is 13.8 Å². The number of aliphatic carboxylic acids is 2. The molecule has 23 heavy (non-hydrogen) atoms. The molecule has 0 saturated heterocycles. The van der Waals surface area contributed by atoms with Crippen LogP contribution in [0.25, 0.3) is 0 Å². The monoisotopic (exact) mass is 326 g/mol. The van der Waals surface area contributed by atoms with Crippen molar-refractivity contribution in [3.8, 4) is 0 Å². The van der Waals surface area contributed by atoms with Crippen molar-refractivity contribution in [3.05, 3.63) is 0 Å². The number of hydrogen-bond donors (Lipinski definition) is 4. The third-order valence-corrected chi connectivity index (χ3v) is 5.87. The Labute approximate surface area is 135 Å². The lowest BCUT2D eigenvalue weighted by molar-refractivity contribution is -0.143. The predicted octanol–water partition coefficient (Wildman–Crippen LogP) is 0.820. The van der Waals surface area contributed by atoms with E-state index in [2.05, 4.69) is 19.2 Å². The van der Waals surface area contributed by atoms with Gasteiger partial charge in [0.25, 0.3) is 0 Å². The van der Waals surface area contributed by atoms with Crippen LogP contribution in [-0.4, -0.2) is 40.1 Å². The fourth-order valence-electron chi connectivity index (χ4n) is 4.57. The summed E-state index contributed by atoms with van der Waals surface area (Å²) in [5.74, 6) is -1.62. The maximum atomic E-state index is 11.9. The highest BCUT2D eigenvalue weighted by Gasteiger charge is 2.53. The molecule has 2 saturated carbocycles. The summed E-state index contributed by atoms with van der Waals surface area (Å²) in [6, 6.07) is -2.24. The molecule has 2 unspecified atom stereocenters. The molecule has 5 N–H and O–H groups in total. The fourth-order valence-corrected chi connectivity index (χ4v) is 4.57. The number of fused-ring (bicyclic) bond motifs is 2. The van der Waals surface area contributed by atoms with Gasteiger partial charge in [0.15, 0.2) is 0 Å². The minimum atomic E-state index is -1.23. The van der Waals surface area contributed by atoms with Crippen molar-refractivity contribution in [2.75, 3.05) is 0 Å². The second-order valence-corrected chi connectivity index (χ2v) is 7.54. The summed E-state index contributed by atoms with van der Waals surface area (Å²) in [7, 11) is 0. The summed E-state index contributed by atoms with van der Waals surface area (Å²) in [4.78, 5) is 33.9. The van der Waals surface area contributed by atoms with Gasteiger partial charge in [-0.25, -0.2) is 4.79 Å². The van der Waals surface area contributed by atoms with Crippen molar-refractivity contribution in [1.29, 1.82) is 0 Å². The van der Waals surface area contributed by atoms with Gasteiger partial charge in [-0.15, -0.1) is 0 Å². The van der Waals surface area contributed by atoms with Gasteiger partial charge >= 0.3 is 11.9 Å². The smallest absolute Gasteiger partial charge is 0.326 e. The molecule has 5 atom stereocenters. The molecule has 0 aromatic carbocycles. The van der Waals surface area contributed by atoms with Crippen LogP contribution in [0.5, 0.6) is 0 Å². The fraction of sp³-hybridized carbons (Fsp3) is 0.812. The molecule has 130 valence electrons. The molecule has 1 amide bonds. The van der Waals surface area contributed by atoms with Gasteiger partial charge in [0.1, 0.15) is 6.04 Å². The lowest BCUT2D eigenvalue weighted by Crippen LogP contribution is -2.50. The Morgan fingerprint density at radius 3 is 2.35 bits per heavy atom. The topological polar surface area (TPSA) is 130 Å². The zero-order valence-corrected chi connectivity index (χ0v) is 13.6. The Kier molecular flexibility index (Phi) is 4.98. The van der Waals surface area contributed by atoms with Gasteiger partial charge in [0.05, 0.1) is 12.5 Å². The first-order valence-electron chi connectivity index (χ1n) is 8.13. The molecule has 0 aromatic heterocycles. The quantitative estimate of drug-likeness (QED) is 0.548. The Balaban J connectivity index is 1.96. The number of carboxylic acids is 2. The lowest BCUT2D eigenvalue weighted by Gasteiger charge is -2.28. The van der Waals surface area contributed by atoms with Gasteiger partial charge in [-0.05, 0) is 48.9 Å². The van der Waals surface area contributed by atoms with E-state index in [1.54, 1.807) is 0 Å². The number of rotatable bonds is 7. The molecule has 0 aromatic rings. The standard InChI is InChI=1S/C16H26N2O5/c1-16(2)9-3-4-10(16)8(5-9)6-12(15(22)23)18-14(21)11(17)7-13(19)20/h8-12H,3-7,17H2,1-2H3,(H,18,21)(H,19,20)(H,22,23)/t8-,9?,10?,11+,12+/m1/s1. The van der Waals surface area contributed by atoms with Crippen LogP contribution in [0.2, 0.25) is 0 Å².